The van der Waals surface area contributed by atoms with Crippen molar-refractivity contribution < 1.29 is 17.9 Å². The fraction of sp³-hybridized carbons (Fsp3) is 0.346. The highest BCUT2D eigenvalue weighted by Crippen LogP contribution is 2.28. The van der Waals surface area contributed by atoms with E-state index in [1.807, 2.05) is 46.7 Å². The normalized spacial score (nSPS) is 11.2. The zero-order valence-electron chi connectivity index (χ0n) is 20.9. The van der Waals surface area contributed by atoms with Crippen LogP contribution in [-0.4, -0.2) is 36.8 Å². The average Bonchev–Trinajstić information content (AvgIpc) is 3.20. The number of esters is 1. The number of nitrogens with one attached hydrogen (secondary N) is 1. The van der Waals surface area contributed by atoms with E-state index in [4.69, 9.17) is 15.0 Å². The Kier molecular flexibility index (Phi) is 9.18. The van der Waals surface area contributed by atoms with Crippen LogP contribution in [-0.2, 0) is 27.7 Å². The molecule has 10 heteroatoms. The summed E-state index contributed by atoms with van der Waals surface area (Å²) in [5, 5.41) is 9.41. The van der Waals surface area contributed by atoms with Crippen molar-refractivity contribution in [1.82, 2.24) is 14.3 Å². The first-order valence-electron chi connectivity index (χ1n) is 11.7. The van der Waals surface area contributed by atoms with Gasteiger partial charge in [-0.25, -0.2) is 22.9 Å². The van der Waals surface area contributed by atoms with Crippen molar-refractivity contribution in [2.45, 2.75) is 56.5 Å². The first kappa shape index (κ1) is 27.3. The van der Waals surface area contributed by atoms with Gasteiger partial charge in [-0.2, -0.15) is 5.26 Å². The largest absolute Gasteiger partial charge is 0.461 e. The first-order chi connectivity index (χ1) is 17.2. The molecule has 0 spiro atoms. The summed E-state index contributed by atoms with van der Waals surface area (Å²) < 4.78 is 33.7. The Hall–Kier alpha value is -3.29. The predicted molar refractivity (Wildman–Crippen MR) is 140 cm³/mol. The molecular formula is C26H30N4O4S2. The van der Waals surface area contributed by atoms with Gasteiger partial charge in [-0.05, 0) is 60.9 Å². The SMILES string of the molecule is CCCCc1nc(SC)c(C(=O)OCC)n1Cc1ccc(-c2cc(S(=O)(=O)NC#N)ccc2C)cc1. The molecule has 0 atom stereocenters. The van der Waals surface area contributed by atoms with Gasteiger partial charge in [0.15, 0.2) is 11.9 Å². The standard InChI is InChI=1S/C26H30N4O4S2/c1-5-7-8-23-29-25(35-4)24(26(31)34-6-2)30(23)16-19-10-12-20(13-11-19)22-15-21(14-9-18(22)3)36(32,33)28-17-27/h9-15,28H,5-8,16H2,1-4H3. The maximum absolute atomic E-state index is 12.8. The van der Waals surface area contributed by atoms with Gasteiger partial charge in [0.2, 0.25) is 0 Å². The van der Waals surface area contributed by atoms with Crippen LogP contribution in [0.1, 0.15) is 54.1 Å². The van der Waals surface area contributed by atoms with Crippen LogP contribution in [0.5, 0.6) is 0 Å². The number of unbranched alkanes of at least 4 members (excludes halogenated alkanes) is 1. The zero-order valence-corrected chi connectivity index (χ0v) is 22.5. The van der Waals surface area contributed by atoms with Gasteiger partial charge >= 0.3 is 5.97 Å². The first-order valence-corrected chi connectivity index (χ1v) is 14.4. The van der Waals surface area contributed by atoms with E-state index in [1.165, 1.54) is 24.0 Å². The summed E-state index contributed by atoms with van der Waals surface area (Å²) in [5.41, 5.74) is 3.95. The molecule has 0 bridgehead atoms. The lowest BCUT2D eigenvalue weighted by Gasteiger charge is -2.13. The van der Waals surface area contributed by atoms with Gasteiger partial charge in [0.05, 0.1) is 11.5 Å². The second-order valence-electron chi connectivity index (χ2n) is 8.19. The number of imidazole rings is 1. The number of ether oxygens (including phenoxy) is 1. The summed E-state index contributed by atoms with van der Waals surface area (Å²) >= 11 is 1.43. The van der Waals surface area contributed by atoms with E-state index in [9.17, 15) is 13.2 Å². The number of rotatable bonds is 11. The van der Waals surface area contributed by atoms with Crippen LogP contribution in [0.3, 0.4) is 0 Å². The molecule has 0 fully saturated rings. The van der Waals surface area contributed by atoms with Crippen LogP contribution in [0.4, 0.5) is 0 Å². The van der Waals surface area contributed by atoms with Crippen molar-refractivity contribution in [3.63, 3.8) is 0 Å². The van der Waals surface area contributed by atoms with Crippen molar-refractivity contribution in [3.05, 3.63) is 65.1 Å². The highest BCUT2D eigenvalue weighted by atomic mass is 32.2. The Bertz CT molecular complexity index is 1370. The lowest BCUT2D eigenvalue weighted by atomic mass is 9.99. The molecule has 0 amide bonds. The summed E-state index contributed by atoms with van der Waals surface area (Å²) in [4.78, 5) is 17.5. The van der Waals surface area contributed by atoms with Crippen LogP contribution in [0.25, 0.3) is 11.1 Å². The van der Waals surface area contributed by atoms with Crippen molar-refractivity contribution in [2.75, 3.05) is 12.9 Å². The maximum Gasteiger partial charge on any atom is 0.357 e. The summed E-state index contributed by atoms with van der Waals surface area (Å²) in [5.74, 6) is 0.473. The van der Waals surface area contributed by atoms with Crippen molar-refractivity contribution in [3.8, 4) is 17.3 Å². The lowest BCUT2D eigenvalue weighted by Crippen LogP contribution is -2.18. The Balaban J connectivity index is 1.97. The predicted octanol–water partition coefficient (Wildman–Crippen LogP) is 4.91. The van der Waals surface area contributed by atoms with E-state index in [2.05, 4.69) is 6.92 Å². The number of aryl methyl sites for hydroxylation is 2. The van der Waals surface area contributed by atoms with Gasteiger partial charge in [0.1, 0.15) is 10.9 Å². The van der Waals surface area contributed by atoms with E-state index in [-0.39, 0.29) is 17.5 Å². The van der Waals surface area contributed by atoms with Gasteiger partial charge in [-0.3, -0.25) is 0 Å². The Morgan fingerprint density at radius 2 is 1.92 bits per heavy atom. The second-order valence-corrected chi connectivity index (χ2v) is 10.7. The highest BCUT2D eigenvalue weighted by Gasteiger charge is 2.24. The number of hydrogen-bond donors (Lipinski definition) is 1. The van der Waals surface area contributed by atoms with Crippen LogP contribution in [0.15, 0.2) is 52.4 Å². The lowest BCUT2D eigenvalue weighted by molar-refractivity contribution is 0.0509. The Morgan fingerprint density at radius 3 is 2.53 bits per heavy atom. The fourth-order valence-electron chi connectivity index (χ4n) is 3.88. The molecule has 1 heterocycles. The molecule has 0 aliphatic heterocycles. The maximum atomic E-state index is 12.8. The number of carbonyl (C=O) groups is 1. The fourth-order valence-corrected chi connectivity index (χ4v) is 5.22. The third-order valence-corrected chi connectivity index (χ3v) is 7.64. The third kappa shape index (κ3) is 6.09. The topological polar surface area (TPSA) is 114 Å². The van der Waals surface area contributed by atoms with Crippen LogP contribution < -0.4 is 4.72 Å². The molecule has 1 aromatic heterocycles. The molecule has 0 radical (unpaired) electrons. The van der Waals surface area contributed by atoms with Crippen LogP contribution >= 0.6 is 11.8 Å². The highest BCUT2D eigenvalue weighted by molar-refractivity contribution is 7.98. The summed E-state index contributed by atoms with van der Waals surface area (Å²) in [6, 6.07) is 12.5. The number of aromatic nitrogens is 2. The van der Waals surface area contributed by atoms with Gasteiger partial charge in [0, 0.05) is 13.0 Å². The van der Waals surface area contributed by atoms with E-state index >= 15 is 0 Å². The average molecular weight is 527 g/mol. The van der Waals surface area contributed by atoms with Crippen molar-refractivity contribution in [2.24, 2.45) is 0 Å². The van der Waals surface area contributed by atoms with Crippen molar-refractivity contribution >= 4 is 27.8 Å². The molecule has 36 heavy (non-hydrogen) atoms. The van der Waals surface area contributed by atoms with Crippen molar-refractivity contribution in [1.29, 1.82) is 5.26 Å². The zero-order chi connectivity index (χ0) is 26.3. The summed E-state index contributed by atoms with van der Waals surface area (Å²) in [6.07, 6.45) is 6.12. The summed E-state index contributed by atoms with van der Waals surface area (Å²) in [7, 11) is -3.90. The molecular weight excluding hydrogens is 496 g/mol. The van der Waals surface area contributed by atoms with Gasteiger partial charge < -0.3 is 9.30 Å². The quantitative estimate of drug-likeness (QED) is 0.163. The molecule has 0 aliphatic carbocycles. The molecule has 2 aromatic carbocycles. The minimum atomic E-state index is -3.90. The number of nitrogens with zero attached hydrogens (tertiary/aromatic N) is 3. The van der Waals surface area contributed by atoms with Gasteiger partial charge in [0.25, 0.3) is 10.0 Å². The third-order valence-electron chi connectivity index (χ3n) is 5.74. The molecule has 190 valence electrons. The molecule has 0 saturated carbocycles. The van der Waals surface area contributed by atoms with E-state index in [0.29, 0.717) is 17.3 Å². The number of sulfonamides is 1. The van der Waals surface area contributed by atoms with E-state index in [0.717, 1.165) is 47.3 Å². The molecule has 0 aliphatic rings. The van der Waals surface area contributed by atoms with E-state index < -0.39 is 10.0 Å². The number of thioether (sulfide) groups is 1. The molecule has 3 aromatic rings. The molecule has 3 rings (SSSR count). The molecule has 1 N–H and O–H groups in total. The summed E-state index contributed by atoms with van der Waals surface area (Å²) in [6.45, 7) is 6.55. The minimum absolute atomic E-state index is 0.0244. The molecule has 8 nitrogen and oxygen atoms in total. The Labute approximate surface area is 216 Å². The minimum Gasteiger partial charge on any atom is -0.461 e. The number of hydrogen-bond acceptors (Lipinski definition) is 7. The smallest absolute Gasteiger partial charge is 0.357 e. The number of benzene rings is 2. The van der Waals surface area contributed by atoms with E-state index in [1.54, 1.807) is 19.1 Å². The van der Waals surface area contributed by atoms with Crippen LogP contribution in [0.2, 0.25) is 0 Å². The number of carbonyl (C=O) groups excluding carboxylic acids is 1. The van der Waals surface area contributed by atoms with Crippen LogP contribution in [0, 0.1) is 18.4 Å². The molecule has 0 saturated heterocycles. The number of nitriles is 1. The second kappa shape index (κ2) is 12.1. The Morgan fingerprint density at radius 1 is 1.19 bits per heavy atom. The van der Waals surface area contributed by atoms with Gasteiger partial charge in [-0.1, -0.05) is 43.7 Å². The monoisotopic (exact) mass is 526 g/mol. The van der Waals surface area contributed by atoms with Gasteiger partial charge in [-0.15, -0.1) is 11.8 Å². The molecule has 0 unspecified atom stereocenters.